The van der Waals surface area contributed by atoms with Crippen molar-refractivity contribution in [2.24, 2.45) is 0 Å². The van der Waals surface area contributed by atoms with E-state index < -0.39 is 12.2 Å². The number of hydrogen-bond donors (Lipinski definition) is 2. The van der Waals surface area contributed by atoms with Crippen molar-refractivity contribution in [1.29, 1.82) is 0 Å². The number of carbonyl (C=O) groups is 1. The summed E-state index contributed by atoms with van der Waals surface area (Å²) in [5.74, 6) is -0.0813. The number of hydrogen-bond acceptors (Lipinski definition) is 3. The van der Waals surface area contributed by atoms with Gasteiger partial charge in [0.15, 0.2) is 5.78 Å². The zero-order valence-electron chi connectivity index (χ0n) is 18.1. The van der Waals surface area contributed by atoms with Crippen molar-refractivity contribution in [3.63, 3.8) is 0 Å². The number of rotatable bonds is 20. The van der Waals surface area contributed by atoms with E-state index in [1.165, 1.54) is 70.3 Å². The second-order valence-corrected chi connectivity index (χ2v) is 8.07. The molecule has 0 aliphatic carbocycles. The van der Waals surface area contributed by atoms with Gasteiger partial charge in [-0.15, -0.1) is 0 Å². The van der Waals surface area contributed by atoms with Crippen LogP contribution in [-0.2, 0) is 4.79 Å². The molecule has 0 saturated heterocycles. The maximum absolute atomic E-state index is 11.9. The van der Waals surface area contributed by atoms with Crippen LogP contribution in [0.5, 0.6) is 0 Å². The summed E-state index contributed by atoms with van der Waals surface area (Å²) in [6.45, 7) is 4.43. The predicted octanol–water partition coefficient (Wildman–Crippen LogP) is 6.51. The number of aliphatic hydroxyl groups excluding tert-OH is 2. The van der Waals surface area contributed by atoms with Crippen LogP contribution < -0.4 is 0 Å². The van der Waals surface area contributed by atoms with Crippen LogP contribution in [0.25, 0.3) is 0 Å². The van der Waals surface area contributed by atoms with Crippen LogP contribution in [0.2, 0.25) is 0 Å². The molecule has 0 aliphatic heterocycles. The van der Waals surface area contributed by atoms with Crippen LogP contribution in [0.4, 0.5) is 0 Å². The minimum absolute atomic E-state index is 0.0813. The van der Waals surface area contributed by atoms with Gasteiger partial charge in [0.1, 0.15) is 0 Å². The Hall–Kier alpha value is -0.670. The van der Waals surface area contributed by atoms with Gasteiger partial charge in [0.05, 0.1) is 12.2 Å². The first kappa shape index (κ1) is 26.3. The van der Waals surface area contributed by atoms with Crippen molar-refractivity contribution in [2.75, 3.05) is 0 Å². The summed E-state index contributed by atoms with van der Waals surface area (Å²) in [6.07, 6.45) is 20.8. The Bertz CT molecular complexity index is 352. The molecule has 0 fully saturated rings. The Kier molecular flexibility index (Phi) is 19.6. The highest BCUT2D eigenvalue weighted by atomic mass is 16.3. The average molecular weight is 383 g/mol. The first-order chi connectivity index (χ1) is 13.1. The van der Waals surface area contributed by atoms with E-state index in [4.69, 9.17) is 0 Å². The van der Waals surface area contributed by atoms with Gasteiger partial charge in [0.2, 0.25) is 0 Å². The third-order valence-corrected chi connectivity index (χ3v) is 5.19. The van der Waals surface area contributed by atoms with E-state index in [2.05, 4.69) is 13.8 Å². The van der Waals surface area contributed by atoms with Crippen molar-refractivity contribution in [3.8, 4) is 0 Å². The minimum atomic E-state index is -0.543. The van der Waals surface area contributed by atoms with E-state index in [-0.39, 0.29) is 12.2 Å². The fourth-order valence-corrected chi connectivity index (χ4v) is 3.36. The topological polar surface area (TPSA) is 57.5 Å². The molecular weight excluding hydrogens is 336 g/mol. The first-order valence-corrected chi connectivity index (χ1v) is 11.7. The van der Waals surface area contributed by atoms with Gasteiger partial charge in [-0.25, -0.2) is 0 Å². The zero-order chi connectivity index (χ0) is 20.2. The van der Waals surface area contributed by atoms with Crippen molar-refractivity contribution in [1.82, 2.24) is 0 Å². The van der Waals surface area contributed by atoms with Gasteiger partial charge in [-0.1, -0.05) is 110 Å². The van der Waals surface area contributed by atoms with Crippen LogP contribution >= 0.6 is 0 Å². The number of carbonyl (C=O) groups excluding carboxylic acids is 1. The van der Waals surface area contributed by atoms with Crippen molar-refractivity contribution in [2.45, 2.75) is 135 Å². The van der Waals surface area contributed by atoms with Crippen molar-refractivity contribution >= 4 is 5.78 Å². The summed E-state index contributed by atoms with van der Waals surface area (Å²) in [5.41, 5.74) is 0. The van der Waals surface area contributed by atoms with Gasteiger partial charge in [-0.2, -0.15) is 0 Å². The van der Waals surface area contributed by atoms with Gasteiger partial charge in [-0.05, 0) is 18.9 Å². The third-order valence-electron chi connectivity index (χ3n) is 5.19. The number of aliphatic hydroxyl groups is 2. The quantitative estimate of drug-likeness (QED) is 0.186. The highest BCUT2D eigenvalue weighted by molar-refractivity contribution is 5.89. The summed E-state index contributed by atoms with van der Waals surface area (Å²) < 4.78 is 0. The molecule has 0 bridgehead atoms. The van der Waals surface area contributed by atoms with Gasteiger partial charge < -0.3 is 10.2 Å². The third kappa shape index (κ3) is 19.9. The monoisotopic (exact) mass is 382 g/mol. The smallest absolute Gasteiger partial charge is 0.158 e. The highest BCUT2D eigenvalue weighted by Gasteiger charge is 2.09. The molecule has 0 spiro atoms. The second-order valence-electron chi connectivity index (χ2n) is 8.07. The molecule has 2 unspecified atom stereocenters. The summed E-state index contributed by atoms with van der Waals surface area (Å²) in [5, 5.41) is 19.9. The lowest BCUT2D eigenvalue weighted by Gasteiger charge is -2.08. The van der Waals surface area contributed by atoms with Crippen LogP contribution in [-0.4, -0.2) is 28.2 Å². The SMILES string of the molecule is CCCCCCCCCCCC(O)C=CC(=O)CC(O)CCCCCCC. The summed E-state index contributed by atoms with van der Waals surface area (Å²) in [7, 11) is 0. The van der Waals surface area contributed by atoms with Crippen molar-refractivity contribution < 1.29 is 15.0 Å². The molecule has 160 valence electrons. The largest absolute Gasteiger partial charge is 0.393 e. The molecule has 2 atom stereocenters. The molecule has 0 radical (unpaired) electrons. The van der Waals surface area contributed by atoms with E-state index in [9.17, 15) is 15.0 Å². The lowest BCUT2D eigenvalue weighted by Crippen LogP contribution is -2.12. The molecule has 0 saturated carbocycles. The Balaban J connectivity index is 3.59. The molecule has 0 aliphatic rings. The summed E-state index contributed by atoms with van der Waals surface area (Å²) in [6, 6.07) is 0. The Morgan fingerprint density at radius 1 is 0.704 bits per heavy atom. The maximum atomic E-state index is 11.9. The molecule has 27 heavy (non-hydrogen) atoms. The molecular formula is C24H46O3. The van der Waals surface area contributed by atoms with E-state index in [0.29, 0.717) is 6.42 Å². The lowest BCUT2D eigenvalue weighted by molar-refractivity contribution is -0.116. The number of allylic oxidation sites excluding steroid dienone is 1. The summed E-state index contributed by atoms with van der Waals surface area (Å²) in [4.78, 5) is 11.9. The van der Waals surface area contributed by atoms with E-state index in [1.54, 1.807) is 6.08 Å². The van der Waals surface area contributed by atoms with Gasteiger partial charge in [-0.3, -0.25) is 4.79 Å². The molecule has 0 heterocycles. The second kappa shape index (κ2) is 20.1. The predicted molar refractivity (Wildman–Crippen MR) is 116 cm³/mol. The molecule has 0 rings (SSSR count). The van der Waals surface area contributed by atoms with Gasteiger partial charge in [0.25, 0.3) is 0 Å². The van der Waals surface area contributed by atoms with Crippen LogP contribution in [0.1, 0.15) is 123 Å². The van der Waals surface area contributed by atoms with Crippen molar-refractivity contribution in [3.05, 3.63) is 12.2 Å². The Labute approximate surface area is 168 Å². The average Bonchev–Trinajstić information content (AvgIpc) is 2.65. The van der Waals surface area contributed by atoms with E-state index in [1.807, 2.05) is 0 Å². The normalized spacial score (nSPS) is 13.9. The molecule has 3 nitrogen and oxygen atoms in total. The first-order valence-electron chi connectivity index (χ1n) is 11.7. The molecule has 0 aromatic heterocycles. The van der Waals surface area contributed by atoms with Crippen LogP contribution in [0, 0.1) is 0 Å². The number of unbranched alkanes of at least 4 members (excludes halogenated alkanes) is 12. The van der Waals surface area contributed by atoms with Gasteiger partial charge >= 0.3 is 0 Å². The Morgan fingerprint density at radius 3 is 1.67 bits per heavy atom. The molecule has 0 amide bonds. The number of ketones is 1. The highest BCUT2D eigenvalue weighted by Crippen LogP contribution is 2.12. The minimum Gasteiger partial charge on any atom is -0.393 e. The molecule has 3 heteroatoms. The van der Waals surface area contributed by atoms with Crippen LogP contribution in [0.3, 0.4) is 0 Å². The fraction of sp³-hybridized carbons (Fsp3) is 0.875. The van der Waals surface area contributed by atoms with E-state index >= 15 is 0 Å². The van der Waals surface area contributed by atoms with Gasteiger partial charge in [0, 0.05) is 6.42 Å². The zero-order valence-corrected chi connectivity index (χ0v) is 18.1. The molecule has 0 aromatic rings. The summed E-state index contributed by atoms with van der Waals surface area (Å²) >= 11 is 0. The maximum Gasteiger partial charge on any atom is 0.158 e. The Morgan fingerprint density at radius 2 is 1.15 bits per heavy atom. The standard InChI is InChI=1S/C24H46O3/c1-3-5-7-9-10-11-12-14-15-17-22(25)19-20-24(27)21-23(26)18-16-13-8-6-4-2/h19-20,22-23,25-26H,3-18,21H2,1-2H3. The van der Waals surface area contributed by atoms with Crippen LogP contribution in [0.15, 0.2) is 12.2 Å². The fourth-order valence-electron chi connectivity index (χ4n) is 3.36. The molecule has 2 N–H and O–H groups in total. The lowest BCUT2D eigenvalue weighted by atomic mass is 10.0. The van der Waals surface area contributed by atoms with E-state index in [0.717, 1.165) is 32.1 Å². The molecule has 0 aromatic carbocycles.